The number of carbonyl (C=O) groups excluding carboxylic acids is 1. The Morgan fingerprint density at radius 3 is 2.86 bits per heavy atom. The van der Waals surface area contributed by atoms with Crippen molar-refractivity contribution in [3.05, 3.63) is 24.3 Å². The molecule has 0 heterocycles. The number of carbonyl (C=O) groups is 1. The summed E-state index contributed by atoms with van der Waals surface area (Å²) in [5, 5.41) is 2.68. The van der Waals surface area contributed by atoms with Gasteiger partial charge in [-0.2, -0.15) is 0 Å². The topological polar surface area (TPSA) is 38.3 Å². The highest BCUT2D eigenvalue weighted by Gasteiger charge is 2.04. The third-order valence-electron chi connectivity index (χ3n) is 1.62. The zero-order valence-corrected chi connectivity index (χ0v) is 9.06. The maximum Gasteiger partial charge on any atom is 0.411 e. The Morgan fingerprint density at radius 1 is 1.50 bits per heavy atom. The highest BCUT2D eigenvalue weighted by atomic mass is 32.2. The van der Waals surface area contributed by atoms with E-state index < -0.39 is 6.09 Å². The molecule has 4 heteroatoms. The van der Waals surface area contributed by atoms with Crippen molar-refractivity contribution in [1.82, 2.24) is 0 Å². The molecule has 0 saturated carbocycles. The standard InChI is InChI=1S/C10H13NO2S/c1-3-13-10(12)11-8-6-4-5-7-9(8)14-2/h4-7H,3H2,1-2H3,(H,11,12). The van der Waals surface area contributed by atoms with E-state index in [1.54, 1.807) is 18.7 Å². The van der Waals surface area contributed by atoms with Crippen LogP contribution in [0, 0.1) is 0 Å². The third kappa shape index (κ3) is 2.96. The normalized spacial score (nSPS) is 9.57. The Hall–Kier alpha value is -1.16. The van der Waals surface area contributed by atoms with Gasteiger partial charge in [0.25, 0.3) is 0 Å². The first-order valence-corrected chi connectivity index (χ1v) is 5.57. The second kappa shape index (κ2) is 5.54. The minimum atomic E-state index is -0.408. The van der Waals surface area contributed by atoms with Crippen molar-refractivity contribution >= 4 is 23.5 Å². The van der Waals surface area contributed by atoms with Crippen LogP contribution < -0.4 is 5.32 Å². The highest BCUT2D eigenvalue weighted by molar-refractivity contribution is 7.98. The van der Waals surface area contributed by atoms with Crippen molar-refractivity contribution in [2.45, 2.75) is 11.8 Å². The van der Waals surface area contributed by atoms with E-state index in [1.165, 1.54) is 0 Å². The van der Waals surface area contributed by atoms with Crippen LogP contribution in [0.1, 0.15) is 6.92 Å². The van der Waals surface area contributed by atoms with E-state index >= 15 is 0 Å². The van der Waals surface area contributed by atoms with Crippen LogP contribution in [0.4, 0.5) is 10.5 Å². The Labute approximate surface area is 87.8 Å². The van der Waals surface area contributed by atoms with Gasteiger partial charge in [-0.25, -0.2) is 4.79 Å². The molecule has 0 aliphatic rings. The summed E-state index contributed by atoms with van der Waals surface area (Å²) in [7, 11) is 0. The first kappa shape index (κ1) is 10.9. The number of thioether (sulfide) groups is 1. The van der Waals surface area contributed by atoms with Crippen LogP contribution in [0.15, 0.2) is 29.2 Å². The molecule has 0 unspecified atom stereocenters. The quantitative estimate of drug-likeness (QED) is 0.781. The van der Waals surface area contributed by atoms with E-state index in [2.05, 4.69) is 5.32 Å². The number of hydrogen-bond acceptors (Lipinski definition) is 3. The van der Waals surface area contributed by atoms with Gasteiger partial charge in [-0.15, -0.1) is 11.8 Å². The summed E-state index contributed by atoms with van der Waals surface area (Å²) in [6, 6.07) is 7.61. The number of nitrogens with one attached hydrogen (secondary N) is 1. The van der Waals surface area contributed by atoms with E-state index in [0.717, 1.165) is 10.6 Å². The first-order chi connectivity index (χ1) is 6.77. The number of anilines is 1. The fourth-order valence-corrected chi connectivity index (χ4v) is 1.58. The molecule has 0 atom stereocenters. The van der Waals surface area contributed by atoms with Gasteiger partial charge < -0.3 is 4.74 Å². The molecule has 0 radical (unpaired) electrons. The van der Waals surface area contributed by atoms with Gasteiger partial charge in [0.2, 0.25) is 0 Å². The molecule has 0 aliphatic heterocycles. The second-order valence-electron chi connectivity index (χ2n) is 2.55. The van der Waals surface area contributed by atoms with Gasteiger partial charge in [-0.3, -0.25) is 5.32 Å². The van der Waals surface area contributed by atoms with E-state index in [1.807, 2.05) is 30.5 Å². The van der Waals surface area contributed by atoms with Crippen LogP contribution in [0.2, 0.25) is 0 Å². The Morgan fingerprint density at radius 2 is 2.21 bits per heavy atom. The van der Waals surface area contributed by atoms with Gasteiger partial charge in [0.1, 0.15) is 0 Å². The number of ether oxygens (including phenoxy) is 1. The maximum atomic E-state index is 11.1. The van der Waals surface area contributed by atoms with E-state index in [9.17, 15) is 4.79 Å². The van der Waals surface area contributed by atoms with Crippen LogP contribution in [-0.4, -0.2) is 19.0 Å². The number of amides is 1. The summed E-state index contributed by atoms with van der Waals surface area (Å²) >= 11 is 1.59. The monoisotopic (exact) mass is 211 g/mol. The molecule has 0 aromatic heterocycles. The van der Waals surface area contributed by atoms with Gasteiger partial charge >= 0.3 is 6.09 Å². The third-order valence-corrected chi connectivity index (χ3v) is 2.41. The average Bonchev–Trinajstić information content (AvgIpc) is 2.19. The average molecular weight is 211 g/mol. The van der Waals surface area contributed by atoms with E-state index in [0.29, 0.717) is 6.61 Å². The lowest BCUT2D eigenvalue weighted by atomic mass is 10.3. The van der Waals surface area contributed by atoms with Crippen molar-refractivity contribution in [3.8, 4) is 0 Å². The van der Waals surface area contributed by atoms with Crippen LogP contribution in [-0.2, 0) is 4.74 Å². The van der Waals surface area contributed by atoms with Crippen LogP contribution >= 0.6 is 11.8 Å². The minimum absolute atomic E-state index is 0.382. The first-order valence-electron chi connectivity index (χ1n) is 4.34. The van der Waals surface area contributed by atoms with Crippen molar-refractivity contribution in [2.24, 2.45) is 0 Å². The molecule has 1 amide bonds. The number of rotatable bonds is 3. The molecule has 3 nitrogen and oxygen atoms in total. The molecule has 1 N–H and O–H groups in total. The molecule has 1 rings (SSSR count). The van der Waals surface area contributed by atoms with Crippen LogP contribution in [0.25, 0.3) is 0 Å². The van der Waals surface area contributed by atoms with E-state index in [-0.39, 0.29) is 0 Å². The lowest BCUT2D eigenvalue weighted by molar-refractivity contribution is 0.168. The van der Waals surface area contributed by atoms with Crippen molar-refractivity contribution in [2.75, 3.05) is 18.2 Å². The molecule has 0 fully saturated rings. The van der Waals surface area contributed by atoms with Crippen molar-refractivity contribution in [1.29, 1.82) is 0 Å². The molecule has 0 spiro atoms. The van der Waals surface area contributed by atoms with Gasteiger partial charge in [-0.1, -0.05) is 12.1 Å². The fourth-order valence-electron chi connectivity index (χ4n) is 1.03. The highest BCUT2D eigenvalue weighted by Crippen LogP contribution is 2.24. The molecule has 1 aromatic carbocycles. The van der Waals surface area contributed by atoms with Crippen molar-refractivity contribution < 1.29 is 9.53 Å². The summed E-state index contributed by atoms with van der Waals surface area (Å²) in [6.45, 7) is 2.16. The Bertz CT molecular complexity index is 315. The van der Waals surface area contributed by atoms with Gasteiger partial charge in [-0.05, 0) is 25.3 Å². The lowest BCUT2D eigenvalue weighted by Crippen LogP contribution is -2.13. The molecule has 0 bridgehead atoms. The largest absolute Gasteiger partial charge is 0.450 e. The summed E-state index contributed by atoms with van der Waals surface area (Å²) in [6.07, 6.45) is 1.56. The van der Waals surface area contributed by atoms with Crippen molar-refractivity contribution in [3.63, 3.8) is 0 Å². The van der Waals surface area contributed by atoms with Gasteiger partial charge in [0.05, 0.1) is 12.3 Å². The lowest BCUT2D eigenvalue weighted by Gasteiger charge is -2.08. The second-order valence-corrected chi connectivity index (χ2v) is 3.39. The predicted octanol–water partition coefficient (Wildman–Crippen LogP) is 2.98. The Kier molecular flexibility index (Phi) is 4.32. The van der Waals surface area contributed by atoms with Gasteiger partial charge in [0.15, 0.2) is 0 Å². The SMILES string of the molecule is CCOC(=O)Nc1ccccc1SC. The smallest absolute Gasteiger partial charge is 0.411 e. The summed E-state index contributed by atoms with van der Waals surface area (Å²) in [4.78, 5) is 12.2. The minimum Gasteiger partial charge on any atom is -0.450 e. The molecular weight excluding hydrogens is 198 g/mol. The summed E-state index contributed by atoms with van der Waals surface area (Å²) in [5.74, 6) is 0. The number of hydrogen-bond donors (Lipinski definition) is 1. The zero-order valence-electron chi connectivity index (χ0n) is 8.24. The molecule has 0 saturated heterocycles. The molecule has 0 aliphatic carbocycles. The molecular formula is C10H13NO2S. The fraction of sp³-hybridized carbons (Fsp3) is 0.300. The van der Waals surface area contributed by atoms with Crippen LogP contribution in [0.3, 0.4) is 0 Å². The summed E-state index contributed by atoms with van der Waals surface area (Å²) < 4.78 is 4.79. The molecule has 76 valence electrons. The predicted molar refractivity (Wildman–Crippen MR) is 58.9 cm³/mol. The molecule has 1 aromatic rings. The van der Waals surface area contributed by atoms with Gasteiger partial charge in [0, 0.05) is 4.90 Å². The summed E-state index contributed by atoms with van der Waals surface area (Å²) in [5.41, 5.74) is 0.790. The molecule has 14 heavy (non-hydrogen) atoms. The van der Waals surface area contributed by atoms with Crippen LogP contribution in [0.5, 0.6) is 0 Å². The zero-order chi connectivity index (χ0) is 10.4. The van der Waals surface area contributed by atoms with E-state index in [4.69, 9.17) is 4.74 Å². The Balaban J connectivity index is 2.70. The number of para-hydroxylation sites is 1. The number of benzene rings is 1. The maximum absolute atomic E-state index is 11.1.